The van der Waals surface area contributed by atoms with E-state index in [1.807, 2.05) is 23.4 Å². The molecule has 2 fully saturated rings. The van der Waals surface area contributed by atoms with Gasteiger partial charge in [0.05, 0.1) is 0 Å². The second kappa shape index (κ2) is 11.1. The van der Waals surface area contributed by atoms with Crippen LogP contribution >= 0.6 is 24.0 Å². The molecule has 1 atom stereocenters. The molecule has 2 aromatic heterocycles. The van der Waals surface area contributed by atoms with Gasteiger partial charge in [0.25, 0.3) is 0 Å². The smallest absolute Gasteiger partial charge is 0.192 e. The Labute approximate surface area is 200 Å². The molecule has 0 aromatic carbocycles. The van der Waals surface area contributed by atoms with E-state index in [1.54, 1.807) is 12.3 Å². The highest BCUT2D eigenvalue weighted by atomic mass is 127. The number of nitrogens with one attached hydrogen (secondary N) is 2. The minimum Gasteiger partial charge on any atom is -0.354 e. The van der Waals surface area contributed by atoms with Gasteiger partial charge in [0.2, 0.25) is 0 Å². The Balaban J connectivity index is 0.00000272. The fourth-order valence-electron chi connectivity index (χ4n) is 4.19. The molecule has 0 spiro atoms. The van der Waals surface area contributed by atoms with E-state index in [4.69, 9.17) is 4.99 Å². The van der Waals surface area contributed by atoms with Crippen LogP contribution in [0.1, 0.15) is 50.2 Å². The van der Waals surface area contributed by atoms with Gasteiger partial charge in [0.1, 0.15) is 12.4 Å². The first-order valence-corrected chi connectivity index (χ1v) is 10.9. The van der Waals surface area contributed by atoms with Crippen molar-refractivity contribution in [1.82, 2.24) is 30.4 Å². The molecule has 1 saturated heterocycles. The first-order valence-electron chi connectivity index (χ1n) is 10.9. The zero-order valence-corrected chi connectivity index (χ0v) is 20.6. The predicted octanol–water partition coefficient (Wildman–Crippen LogP) is 2.92. The first-order chi connectivity index (χ1) is 14.6. The van der Waals surface area contributed by atoms with Crippen molar-refractivity contribution in [2.24, 2.45) is 12.0 Å². The Morgan fingerprint density at radius 1 is 1.16 bits per heavy atom. The zero-order chi connectivity index (χ0) is 20.9. The molecule has 1 unspecified atom stereocenters. The Hall–Kier alpha value is -1.98. The number of aromatic nitrogens is 4. The summed E-state index contributed by atoms with van der Waals surface area (Å²) in [6, 6.07) is 3.71. The van der Waals surface area contributed by atoms with Crippen LogP contribution in [-0.2, 0) is 13.6 Å². The standard InChI is InChI=1S/C21H31FN8.HI/c1-15-27-28-19(29(15)2)13-24-21(25-16-7-4-3-5-8-16)26-17-10-12-30(14-17)20-18(22)9-6-11-23-20;/h6,9,11,16-17H,3-5,7-8,10,12-14H2,1-2H3,(H2,24,25,26);1H. The van der Waals surface area contributed by atoms with Crippen molar-refractivity contribution in [3.05, 3.63) is 35.8 Å². The second-order valence-electron chi connectivity index (χ2n) is 8.25. The number of aliphatic imine (C=N–C) groups is 1. The molecule has 0 amide bonds. The highest BCUT2D eigenvalue weighted by Crippen LogP contribution is 2.21. The third-order valence-corrected chi connectivity index (χ3v) is 6.08. The lowest BCUT2D eigenvalue weighted by Gasteiger charge is -2.26. The summed E-state index contributed by atoms with van der Waals surface area (Å²) in [4.78, 5) is 11.0. The van der Waals surface area contributed by atoms with Crippen molar-refractivity contribution in [3.63, 3.8) is 0 Å². The Bertz CT molecular complexity index is 880. The highest BCUT2D eigenvalue weighted by molar-refractivity contribution is 14.0. The van der Waals surface area contributed by atoms with Crippen molar-refractivity contribution in [1.29, 1.82) is 0 Å². The van der Waals surface area contributed by atoms with E-state index < -0.39 is 0 Å². The summed E-state index contributed by atoms with van der Waals surface area (Å²) < 4.78 is 16.1. The van der Waals surface area contributed by atoms with Crippen LogP contribution in [0.2, 0.25) is 0 Å². The van der Waals surface area contributed by atoms with Gasteiger partial charge < -0.3 is 20.1 Å². The zero-order valence-electron chi connectivity index (χ0n) is 18.2. The number of hydrogen-bond donors (Lipinski definition) is 2. The lowest BCUT2D eigenvalue weighted by atomic mass is 9.96. The van der Waals surface area contributed by atoms with Gasteiger partial charge in [-0.3, -0.25) is 0 Å². The molecule has 1 aliphatic carbocycles. The molecular weight excluding hydrogens is 510 g/mol. The summed E-state index contributed by atoms with van der Waals surface area (Å²) in [6.45, 7) is 3.86. The minimum atomic E-state index is -0.273. The maximum absolute atomic E-state index is 14.1. The first kappa shape index (κ1) is 23.7. The van der Waals surface area contributed by atoms with Gasteiger partial charge >= 0.3 is 0 Å². The van der Waals surface area contributed by atoms with Gasteiger partial charge in [-0.1, -0.05) is 19.3 Å². The number of pyridine rings is 1. The lowest BCUT2D eigenvalue weighted by Crippen LogP contribution is -2.48. The number of guanidine groups is 1. The van der Waals surface area contributed by atoms with Gasteiger partial charge in [-0.05, 0) is 38.3 Å². The van der Waals surface area contributed by atoms with E-state index in [0.29, 0.717) is 24.9 Å². The summed E-state index contributed by atoms with van der Waals surface area (Å²) >= 11 is 0. The lowest BCUT2D eigenvalue weighted by molar-refractivity contribution is 0.408. The Morgan fingerprint density at radius 2 is 1.94 bits per heavy atom. The highest BCUT2D eigenvalue weighted by Gasteiger charge is 2.26. The molecule has 10 heteroatoms. The van der Waals surface area contributed by atoms with Crippen molar-refractivity contribution in [2.45, 2.75) is 64.1 Å². The average molecular weight is 542 g/mol. The van der Waals surface area contributed by atoms with E-state index in [0.717, 1.165) is 30.6 Å². The van der Waals surface area contributed by atoms with Crippen LogP contribution in [0.5, 0.6) is 0 Å². The van der Waals surface area contributed by atoms with Crippen LogP contribution < -0.4 is 15.5 Å². The fourth-order valence-corrected chi connectivity index (χ4v) is 4.19. The quantitative estimate of drug-likeness (QED) is 0.344. The van der Waals surface area contributed by atoms with Crippen molar-refractivity contribution >= 4 is 35.8 Å². The number of halogens is 2. The second-order valence-corrected chi connectivity index (χ2v) is 8.25. The van der Waals surface area contributed by atoms with Crippen molar-refractivity contribution < 1.29 is 4.39 Å². The number of nitrogens with zero attached hydrogens (tertiary/aromatic N) is 6. The van der Waals surface area contributed by atoms with E-state index in [2.05, 4.69) is 25.8 Å². The monoisotopic (exact) mass is 542 g/mol. The van der Waals surface area contributed by atoms with E-state index >= 15 is 0 Å². The number of anilines is 1. The van der Waals surface area contributed by atoms with Crippen LogP contribution in [-0.4, -0.2) is 50.9 Å². The van der Waals surface area contributed by atoms with Gasteiger partial charge in [-0.2, -0.15) is 0 Å². The normalized spacial score (nSPS) is 19.9. The van der Waals surface area contributed by atoms with Gasteiger partial charge in [0, 0.05) is 38.4 Å². The molecule has 2 aliphatic rings. The molecule has 2 aromatic rings. The summed E-state index contributed by atoms with van der Waals surface area (Å²) in [6.07, 6.45) is 8.69. The SMILES string of the molecule is Cc1nnc(CN=C(NC2CCCCC2)NC2CCN(c3ncccc3F)C2)n1C.I. The van der Waals surface area contributed by atoms with Crippen molar-refractivity contribution in [3.8, 4) is 0 Å². The molecule has 1 saturated carbocycles. The molecule has 0 radical (unpaired) electrons. The summed E-state index contributed by atoms with van der Waals surface area (Å²) in [5.74, 6) is 2.66. The van der Waals surface area contributed by atoms with E-state index in [-0.39, 0.29) is 35.8 Å². The molecule has 3 heterocycles. The van der Waals surface area contributed by atoms with Gasteiger partial charge in [-0.15, -0.1) is 34.2 Å². The maximum Gasteiger partial charge on any atom is 0.192 e. The third kappa shape index (κ3) is 6.05. The number of aryl methyl sites for hydroxylation is 1. The van der Waals surface area contributed by atoms with E-state index in [9.17, 15) is 4.39 Å². The minimum absolute atomic E-state index is 0. The molecular formula is C21H32FIN8. The Kier molecular flexibility index (Phi) is 8.44. The van der Waals surface area contributed by atoms with E-state index in [1.165, 1.54) is 38.2 Å². The summed E-state index contributed by atoms with van der Waals surface area (Å²) in [7, 11) is 1.96. The third-order valence-electron chi connectivity index (χ3n) is 6.08. The topological polar surface area (TPSA) is 83.3 Å². The van der Waals surface area contributed by atoms with Crippen molar-refractivity contribution in [2.75, 3.05) is 18.0 Å². The maximum atomic E-state index is 14.1. The largest absolute Gasteiger partial charge is 0.354 e. The molecule has 1 aliphatic heterocycles. The number of hydrogen-bond acceptors (Lipinski definition) is 5. The molecule has 170 valence electrons. The fraction of sp³-hybridized carbons (Fsp3) is 0.619. The van der Waals surface area contributed by atoms with Crippen LogP contribution in [0.4, 0.5) is 10.2 Å². The van der Waals surface area contributed by atoms with Crippen LogP contribution in [0.3, 0.4) is 0 Å². The van der Waals surface area contributed by atoms with Crippen LogP contribution in [0.15, 0.2) is 23.3 Å². The van der Waals surface area contributed by atoms with Gasteiger partial charge in [-0.25, -0.2) is 14.4 Å². The van der Waals surface area contributed by atoms with Crippen LogP contribution in [0, 0.1) is 12.7 Å². The number of rotatable bonds is 5. The molecule has 31 heavy (non-hydrogen) atoms. The predicted molar refractivity (Wildman–Crippen MR) is 130 cm³/mol. The molecule has 4 rings (SSSR count). The molecule has 0 bridgehead atoms. The summed E-state index contributed by atoms with van der Waals surface area (Å²) in [5.41, 5.74) is 0. The van der Waals surface area contributed by atoms with Gasteiger partial charge in [0.15, 0.2) is 23.4 Å². The summed E-state index contributed by atoms with van der Waals surface area (Å²) in [5, 5.41) is 15.5. The molecule has 2 N–H and O–H groups in total. The Morgan fingerprint density at radius 3 is 2.65 bits per heavy atom. The average Bonchev–Trinajstić information content (AvgIpc) is 3.34. The molecule has 8 nitrogen and oxygen atoms in total. The van der Waals surface area contributed by atoms with Crippen LogP contribution in [0.25, 0.3) is 0 Å².